The Labute approximate surface area is 84.4 Å². The summed E-state index contributed by atoms with van der Waals surface area (Å²) < 4.78 is 13.3. The molecule has 0 aliphatic rings. The van der Waals surface area contributed by atoms with Gasteiger partial charge in [0, 0.05) is 6.42 Å². The summed E-state index contributed by atoms with van der Waals surface area (Å²) in [7, 11) is 0. The summed E-state index contributed by atoms with van der Waals surface area (Å²) in [5, 5.41) is 8.92. The SMILES string of the molecule is O=c1[nH]c(CCO)nc2c(F)cccc12. The first-order valence-electron chi connectivity index (χ1n) is 4.50. The number of aromatic amines is 1. The summed E-state index contributed by atoms with van der Waals surface area (Å²) in [5.41, 5.74) is -0.340. The van der Waals surface area contributed by atoms with Gasteiger partial charge in [-0.05, 0) is 12.1 Å². The molecule has 0 atom stereocenters. The van der Waals surface area contributed by atoms with Crippen LogP contribution in [0.1, 0.15) is 5.82 Å². The predicted molar refractivity (Wildman–Crippen MR) is 53.1 cm³/mol. The zero-order valence-corrected chi connectivity index (χ0v) is 7.83. The number of halogens is 1. The molecule has 5 heteroatoms. The lowest BCUT2D eigenvalue weighted by molar-refractivity contribution is 0.296. The molecule has 0 spiro atoms. The summed E-state index contributed by atoms with van der Waals surface area (Å²) in [5.74, 6) is -0.238. The summed E-state index contributed by atoms with van der Waals surface area (Å²) in [6, 6.07) is 4.21. The lowest BCUT2D eigenvalue weighted by atomic mass is 10.2. The Morgan fingerprint density at radius 2 is 2.27 bits per heavy atom. The maximum Gasteiger partial charge on any atom is 0.258 e. The van der Waals surface area contributed by atoms with Crippen molar-refractivity contribution in [2.75, 3.05) is 6.61 Å². The van der Waals surface area contributed by atoms with Crippen molar-refractivity contribution in [3.05, 3.63) is 40.2 Å². The third-order valence-electron chi connectivity index (χ3n) is 2.08. The maximum atomic E-state index is 13.3. The minimum Gasteiger partial charge on any atom is -0.396 e. The minimum absolute atomic E-state index is 0.0460. The van der Waals surface area contributed by atoms with Crippen LogP contribution in [0.15, 0.2) is 23.0 Å². The molecule has 0 unspecified atom stereocenters. The molecular weight excluding hydrogens is 199 g/mol. The third-order valence-corrected chi connectivity index (χ3v) is 2.08. The van der Waals surface area contributed by atoms with Gasteiger partial charge in [0.05, 0.1) is 12.0 Å². The van der Waals surface area contributed by atoms with E-state index in [1.54, 1.807) is 0 Å². The van der Waals surface area contributed by atoms with Gasteiger partial charge in [-0.25, -0.2) is 9.37 Å². The smallest absolute Gasteiger partial charge is 0.258 e. The highest BCUT2D eigenvalue weighted by atomic mass is 19.1. The second kappa shape index (κ2) is 3.78. The predicted octanol–water partition coefficient (Wildman–Crippen LogP) is 0.597. The standard InChI is InChI=1S/C10H9FN2O2/c11-7-3-1-2-6-9(7)12-8(4-5-14)13-10(6)15/h1-3,14H,4-5H2,(H,12,13,15). The number of hydrogen-bond donors (Lipinski definition) is 2. The number of nitrogens with one attached hydrogen (secondary N) is 1. The van der Waals surface area contributed by atoms with Gasteiger partial charge in [0.1, 0.15) is 17.2 Å². The van der Waals surface area contributed by atoms with Gasteiger partial charge >= 0.3 is 0 Å². The summed E-state index contributed by atoms with van der Waals surface area (Å²) in [4.78, 5) is 17.9. The minimum atomic E-state index is -0.530. The lowest BCUT2D eigenvalue weighted by Gasteiger charge is -2.01. The monoisotopic (exact) mass is 208 g/mol. The van der Waals surface area contributed by atoms with Crippen LogP contribution in [0, 0.1) is 5.82 Å². The van der Waals surface area contributed by atoms with E-state index < -0.39 is 5.82 Å². The van der Waals surface area contributed by atoms with Crippen LogP contribution >= 0.6 is 0 Å². The molecular formula is C10H9FN2O2. The topological polar surface area (TPSA) is 66.0 Å². The molecule has 1 heterocycles. The third kappa shape index (κ3) is 1.73. The number of nitrogens with zero attached hydrogens (tertiary/aromatic N) is 1. The highest BCUT2D eigenvalue weighted by Gasteiger charge is 2.06. The Kier molecular flexibility index (Phi) is 2.47. The van der Waals surface area contributed by atoms with E-state index in [0.29, 0.717) is 5.82 Å². The van der Waals surface area contributed by atoms with Crippen molar-refractivity contribution in [3.63, 3.8) is 0 Å². The Morgan fingerprint density at radius 3 is 3.00 bits per heavy atom. The van der Waals surface area contributed by atoms with E-state index in [2.05, 4.69) is 9.97 Å². The van der Waals surface area contributed by atoms with E-state index in [-0.39, 0.29) is 29.5 Å². The summed E-state index contributed by atoms with van der Waals surface area (Å²) in [6.45, 7) is -0.136. The first-order chi connectivity index (χ1) is 7.22. The Balaban J connectivity index is 2.74. The molecule has 0 bridgehead atoms. The van der Waals surface area contributed by atoms with Crippen molar-refractivity contribution in [1.29, 1.82) is 0 Å². The van der Waals surface area contributed by atoms with Crippen molar-refractivity contribution in [2.24, 2.45) is 0 Å². The van der Waals surface area contributed by atoms with Crippen LogP contribution in [0.3, 0.4) is 0 Å². The Morgan fingerprint density at radius 1 is 1.47 bits per heavy atom. The van der Waals surface area contributed by atoms with Gasteiger partial charge in [0.25, 0.3) is 5.56 Å². The van der Waals surface area contributed by atoms with Crippen molar-refractivity contribution in [3.8, 4) is 0 Å². The van der Waals surface area contributed by atoms with Crippen LogP contribution in [-0.4, -0.2) is 21.7 Å². The highest BCUT2D eigenvalue weighted by Crippen LogP contribution is 2.11. The lowest BCUT2D eigenvalue weighted by Crippen LogP contribution is -2.13. The van der Waals surface area contributed by atoms with Crippen molar-refractivity contribution >= 4 is 10.9 Å². The first kappa shape index (κ1) is 9.79. The molecule has 0 aliphatic carbocycles. The molecule has 78 valence electrons. The van der Waals surface area contributed by atoms with Gasteiger partial charge in [-0.1, -0.05) is 6.07 Å². The zero-order valence-electron chi connectivity index (χ0n) is 7.83. The van der Waals surface area contributed by atoms with Crippen molar-refractivity contribution in [2.45, 2.75) is 6.42 Å². The fourth-order valence-corrected chi connectivity index (χ4v) is 1.40. The molecule has 1 aromatic heterocycles. The number of para-hydroxylation sites is 1. The van der Waals surface area contributed by atoms with E-state index in [1.807, 2.05) is 0 Å². The molecule has 4 nitrogen and oxygen atoms in total. The number of aliphatic hydroxyl groups is 1. The molecule has 0 amide bonds. The molecule has 0 saturated heterocycles. The van der Waals surface area contributed by atoms with Gasteiger partial charge in [-0.2, -0.15) is 0 Å². The average molecular weight is 208 g/mol. The van der Waals surface area contributed by atoms with Crippen molar-refractivity contribution in [1.82, 2.24) is 9.97 Å². The molecule has 2 N–H and O–H groups in total. The summed E-state index contributed by atoms with van der Waals surface area (Å²) >= 11 is 0. The number of H-pyrrole nitrogens is 1. The fourth-order valence-electron chi connectivity index (χ4n) is 1.40. The summed E-state index contributed by atoms with van der Waals surface area (Å²) in [6.07, 6.45) is 0.208. The maximum absolute atomic E-state index is 13.3. The van der Waals surface area contributed by atoms with E-state index in [0.717, 1.165) is 0 Å². The second-order valence-corrected chi connectivity index (χ2v) is 3.12. The highest BCUT2D eigenvalue weighted by molar-refractivity contribution is 5.77. The number of aromatic nitrogens is 2. The number of hydrogen-bond acceptors (Lipinski definition) is 3. The van der Waals surface area contributed by atoms with E-state index in [1.165, 1.54) is 18.2 Å². The van der Waals surface area contributed by atoms with Crippen molar-refractivity contribution < 1.29 is 9.50 Å². The molecule has 0 saturated carbocycles. The number of benzene rings is 1. The molecule has 0 radical (unpaired) electrons. The van der Waals surface area contributed by atoms with Gasteiger partial charge in [0.2, 0.25) is 0 Å². The van der Waals surface area contributed by atoms with Crippen LogP contribution in [-0.2, 0) is 6.42 Å². The quantitative estimate of drug-likeness (QED) is 0.759. The van der Waals surface area contributed by atoms with Gasteiger partial charge in [-0.15, -0.1) is 0 Å². The first-order valence-corrected chi connectivity index (χ1v) is 4.50. The van der Waals surface area contributed by atoms with Crippen LogP contribution in [0.2, 0.25) is 0 Å². The van der Waals surface area contributed by atoms with E-state index in [9.17, 15) is 9.18 Å². The molecule has 2 rings (SSSR count). The number of rotatable bonds is 2. The normalized spacial score (nSPS) is 10.8. The molecule has 0 fully saturated rings. The zero-order chi connectivity index (χ0) is 10.8. The molecule has 15 heavy (non-hydrogen) atoms. The van der Waals surface area contributed by atoms with E-state index in [4.69, 9.17) is 5.11 Å². The van der Waals surface area contributed by atoms with E-state index >= 15 is 0 Å². The Hall–Kier alpha value is -1.75. The molecule has 0 aliphatic heterocycles. The molecule has 2 aromatic rings. The Bertz CT molecular complexity index is 551. The molecule has 1 aromatic carbocycles. The van der Waals surface area contributed by atoms with Crippen LogP contribution in [0.25, 0.3) is 10.9 Å². The average Bonchev–Trinajstić information content (AvgIpc) is 2.20. The number of fused-ring (bicyclic) bond motifs is 1. The van der Waals surface area contributed by atoms with Crippen LogP contribution in [0.4, 0.5) is 4.39 Å². The van der Waals surface area contributed by atoms with Gasteiger partial charge in [0.15, 0.2) is 0 Å². The number of aliphatic hydroxyl groups excluding tert-OH is 1. The largest absolute Gasteiger partial charge is 0.396 e. The van der Waals surface area contributed by atoms with Crippen LogP contribution < -0.4 is 5.56 Å². The second-order valence-electron chi connectivity index (χ2n) is 3.12. The van der Waals surface area contributed by atoms with Gasteiger partial charge < -0.3 is 10.1 Å². The van der Waals surface area contributed by atoms with Gasteiger partial charge in [-0.3, -0.25) is 4.79 Å². The fraction of sp³-hybridized carbons (Fsp3) is 0.200. The van der Waals surface area contributed by atoms with Crippen LogP contribution in [0.5, 0.6) is 0 Å².